The summed E-state index contributed by atoms with van der Waals surface area (Å²) < 4.78 is 42.8. The maximum Gasteiger partial charge on any atom is 0.471 e. The summed E-state index contributed by atoms with van der Waals surface area (Å²) in [5.41, 5.74) is -1.11. The van der Waals surface area contributed by atoms with Crippen LogP contribution in [0.5, 0.6) is 0 Å². The van der Waals surface area contributed by atoms with Gasteiger partial charge in [-0.2, -0.15) is 13.2 Å². The van der Waals surface area contributed by atoms with E-state index in [1.54, 1.807) is 26.1 Å². The lowest BCUT2D eigenvalue weighted by molar-refractivity contribution is -0.176. The highest BCUT2D eigenvalue weighted by Gasteiger charge is 2.70. The number of piperidine rings is 1. The predicted octanol–water partition coefficient (Wildman–Crippen LogP) is 1.74. The van der Waals surface area contributed by atoms with Gasteiger partial charge in [-0.1, -0.05) is 34.6 Å². The van der Waals surface area contributed by atoms with Crippen LogP contribution in [0.1, 0.15) is 34.6 Å². The number of carbonyl (C=O) groups excluding carboxylic acids is 3. The third-order valence-electron chi connectivity index (χ3n) is 5.58. The Morgan fingerprint density at radius 1 is 1.19 bits per heavy atom. The monoisotopic (exact) mass is 378 g/mol. The van der Waals surface area contributed by atoms with Gasteiger partial charge in [-0.25, -0.2) is 4.79 Å². The maximum atomic E-state index is 13.0. The number of nitrogens with one attached hydrogen (secondary N) is 1. The number of likely N-dealkylation sites (tertiary alicyclic amines) is 1. The first kappa shape index (κ1) is 20.5. The van der Waals surface area contributed by atoms with Crippen LogP contribution < -0.4 is 5.32 Å². The number of nitrogens with zero attached hydrogens (tertiary/aromatic N) is 1. The lowest BCUT2D eigenvalue weighted by Gasteiger charge is -2.37. The van der Waals surface area contributed by atoms with Crippen molar-refractivity contribution in [2.75, 3.05) is 13.7 Å². The summed E-state index contributed by atoms with van der Waals surface area (Å²) in [5, 5.41) is 1.79. The number of hydrogen-bond acceptors (Lipinski definition) is 4. The number of fused-ring (bicyclic) bond motifs is 1. The number of rotatable bonds is 3. The molecule has 148 valence electrons. The number of carbonyl (C=O) groups is 3. The summed E-state index contributed by atoms with van der Waals surface area (Å²) in [7, 11) is 1.21. The largest absolute Gasteiger partial charge is 0.471 e. The fourth-order valence-corrected chi connectivity index (χ4v) is 3.93. The highest BCUT2D eigenvalue weighted by atomic mass is 19.4. The Hall–Kier alpha value is -1.80. The highest BCUT2D eigenvalue weighted by Crippen LogP contribution is 2.65. The average Bonchev–Trinajstić information content (AvgIpc) is 2.85. The van der Waals surface area contributed by atoms with E-state index < -0.39 is 41.5 Å². The lowest BCUT2D eigenvalue weighted by atomic mass is 9.85. The molecule has 0 unspecified atom stereocenters. The molecule has 1 saturated carbocycles. The summed E-state index contributed by atoms with van der Waals surface area (Å²) in [6, 6.07) is -2.26. The molecular formula is C17H25F3N2O4. The van der Waals surface area contributed by atoms with Crippen molar-refractivity contribution in [1.82, 2.24) is 10.2 Å². The number of halogens is 3. The molecule has 6 nitrogen and oxygen atoms in total. The molecule has 2 aliphatic rings. The van der Waals surface area contributed by atoms with E-state index in [9.17, 15) is 27.6 Å². The summed E-state index contributed by atoms with van der Waals surface area (Å²) in [6.07, 6.45) is -5.10. The Labute approximate surface area is 150 Å². The van der Waals surface area contributed by atoms with Crippen LogP contribution in [0.4, 0.5) is 13.2 Å². The second-order valence-corrected chi connectivity index (χ2v) is 8.68. The predicted molar refractivity (Wildman–Crippen MR) is 85.7 cm³/mol. The minimum absolute atomic E-state index is 0.0782. The molecule has 2 amide bonds. The van der Waals surface area contributed by atoms with E-state index in [1.165, 1.54) is 12.0 Å². The normalized spacial score (nSPS) is 28.2. The molecular weight excluding hydrogens is 353 g/mol. The van der Waals surface area contributed by atoms with Crippen molar-refractivity contribution in [3.63, 3.8) is 0 Å². The second kappa shape index (κ2) is 6.13. The van der Waals surface area contributed by atoms with E-state index in [4.69, 9.17) is 4.74 Å². The molecule has 2 rings (SSSR count). The van der Waals surface area contributed by atoms with Crippen LogP contribution in [0.15, 0.2) is 0 Å². The van der Waals surface area contributed by atoms with Crippen molar-refractivity contribution < 1.29 is 32.3 Å². The van der Waals surface area contributed by atoms with E-state index in [0.29, 0.717) is 0 Å². The van der Waals surface area contributed by atoms with E-state index in [0.717, 1.165) is 0 Å². The van der Waals surface area contributed by atoms with Crippen molar-refractivity contribution in [1.29, 1.82) is 0 Å². The first-order valence-electron chi connectivity index (χ1n) is 8.40. The van der Waals surface area contributed by atoms with Crippen molar-refractivity contribution >= 4 is 17.8 Å². The quantitative estimate of drug-likeness (QED) is 0.759. The highest BCUT2D eigenvalue weighted by molar-refractivity contribution is 5.93. The third-order valence-corrected chi connectivity index (χ3v) is 5.58. The summed E-state index contributed by atoms with van der Waals surface area (Å²) in [4.78, 5) is 37.9. The molecule has 1 N–H and O–H groups in total. The minimum Gasteiger partial charge on any atom is -0.467 e. The van der Waals surface area contributed by atoms with Crippen LogP contribution >= 0.6 is 0 Å². The van der Waals surface area contributed by atoms with Gasteiger partial charge in [-0.15, -0.1) is 0 Å². The van der Waals surface area contributed by atoms with Gasteiger partial charge in [-0.3, -0.25) is 9.59 Å². The maximum absolute atomic E-state index is 13.0. The molecule has 2 fully saturated rings. The number of amides is 2. The van der Waals surface area contributed by atoms with Crippen LogP contribution in [-0.2, 0) is 19.1 Å². The zero-order valence-electron chi connectivity index (χ0n) is 15.7. The van der Waals surface area contributed by atoms with Crippen LogP contribution in [0.25, 0.3) is 0 Å². The number of alkyl halides is 3. The molecule has 1 aliphatic carbocycles. The standard InChI is InChI=1S/C17H25F3N2O4/c1-15(2,3)11(21-14(25)17(18,19)20)12(23)22-7-8-9(16(8,4)5)10(22)13(24)26-6/h8-11H,7H2,1-6H3,(H,21,25)/t8-,9-,10-,11+/m0/s1. The van der Waals surface area contributed by atoms with Gasteiger partial charge in [0.15, 0.2) is 0 Å². The van der Waals surface area contributed by atoms with E-state index >= 15 is 0 Å². The van der Waals surface area contributed by atoms with Crippen LogP contribution in [0, 0.1) is 22.7 Å². The fraction of sp³-hybridized carbons (Fsp3) is 0.824. The molecule has 0 bridgehead atoms. The molecule has 1 heterocycles. The topological polar surface area (TPSA) is 75.7 Å². The average molecular weight is 378 g/mol. The molecule has 0 aromatic rings. The zero-order valence-corrected chi connectivity index (χ0v) is 15.7. The fourth-order valence-electron chi connectivity index (χ4n) is 3.93. The van der Waals surface area contributed by atoms with Gasteiger partial charge in [0.2, 0.25) is 5.91 Å². The number of hydrogen-bond donors (Lipinski definition) is 1. The van der Waals surface area contributed by atoms with Gasteiger partial charge in [-0.05, 0) is 16.7 Å². The summed E-state index contributed by atoms with van der Waals surface area (Å²) in [6.45, 7) is 8.88. The van der Waals surface area contributed by atoms with E-state index in [-0.39, 0.29) is 23.8 Å². The number of ether oxygens (including phenoxy) is 1. The molecule has 1 saturated heterocycles. The van der Waals surface area contributed by atoms with Crippen molar-refractivity contribution in [2.24, 2.45) is 22.7 Å². The molecule has 4 atom stereocenters. The smallest absolute Gasteiger partial charge is 0.467 e. The van der Waals surface area contributed by atoms with Crippen molar-refractivity contribution in [2.45, 2.75) is 52.9 Å². The minimum atomic E-state index is -5.10. The van der Waals surface area contributed by atoms with Crippen LogP contribution in [0.3, 0.4) is 0 Å². The Morgan fingerprint density at radius 3 is 2.15 bits per heavy atom. The molecule has 0 aromatic carbocycles. The van der Waals surface area contributed by atoms with Gasteiger partial charge in [0.1, 0.15) is 12.1 Å². The molecule has 0 spiro atoms. The Morgan fingerprint density at radius 2 is 1.73 bits per heavy atom. The van der Waals surface area contributed by atoms with Gasteiger partial charge < -0.3 is 15.0 Å². The van der Waals surface area contributed by atoms with Gasteiger partial charge in [0.25, 0.3) is 0 Å². The number of esters is 1. The molecule has 0 aromatic heterocycles. The summed E-state index contributed by atoms with van der Waals surface area (Å²) >= 11 is 0. The van der Waals surface area contributed by atoms with Crippen molar-refractivity contribution in [3.8, 4) is 0 Å². The van der Waals surface area contributed by atoms with Gasteiger partial charge in [0, 0.05) is 12.5 Å². The van der Waals surface area contributed by atoms with Crippen LogP contribution in [0.2, 0.25) is 0 Å². The molecule has 9 heteroatoms. The zero-order chi connectivity index (χ0) is 20.2. The Bertz CT molecular complexity index is 624. The Balaban J connectivity index is 2.28. The third kappa shape index (κ3) is 3.40. The van der Waals surface area contributed by atoms with E-state index in [1.807, 2.05) is 13.8 Å². The molecule has 0 radical (unpaired) electrons. The lowest BCUT2D eigenvalue weighted by Crippen LogP contribution is -2.59. The Kier molecular flexibility index (Phi) is 4.83. The number of methoxy groups -OCH3 is 1. The first-order valence-corrected chi connectivity index (χ1v) is 8.40. The second-order valence-electron chi connectivity index (χ2n) is 8.68. The summed E-state index contributed by atoms with van der Waals surface area (Å²) in [5.74, 6) is -3.49. The van der Waals surface area contributed by atoms with E-state index in [2.05, 4.69) is 0 Å². The van der Waals surface area contributed by atoms with Gasteiger partial charge >= 0.3 is 18.1 Å². The molecule has 1 aliphatic heterocycles. The van der Waals surface area contributed by atoms with Crippen LogP contribution in [-0.4, -0.2) is 54.6 Å². The molecule has 26 heavy (non-hydrogen) atoms. The van der Waals surface area contributed by atoms with Crippen molar-refractivity contribution in [3.05, 3.63) is 0 Å². The SMILES string of the molecule is COC(=O)[C@@H]1[C@@H]2[C@H](CN1C(=O)[C@@H](NC(=O)C(F)(F)F)C(C)(C)C)C2(C)C. The van der Waals surface area contributed by atoms with Gasteiger partial charge in [0.05, 0.1) is 7.11 Å². The first-order chi connectivity index (χ1) is 11.6.